The number of anilines is 1. The molecule has 134 valence electrons. The fraction of sp³-hybridized carbons (Fsp3) is 0.333. The van der Waals surface area contributed by atoms with E-state index in [-0.39, 0.29) is 0 Å². The molecule has 1 aliphatic heterocycles. The van der Waals surface area contributed by atoms with Gasteiger partial charge in [0.25, 0.3) is 0 Å². The van der Waals surface area contributed by atoms with Gasteiger partial charge >= 0.3 is 0 Å². The Bertz CT molecular complexity index is 826. The molecule has 26 heavy (non-hydrogen) atoms. The van der Waals surface area contributed by atoms with Crippen LogP contribution in [0, 0.1) is 6.92 Å². The maximum absolute atomic E-state index is 4.31. The van der Waals surface area contributed by atoms with Crippen molar-refractivity contribution in [1.29, 1.82) is 0 Å². The molecular formula is C21H25N5. The molecule has 3 aromatic rings. The van der Waals surface area contributed by atoms with E-state index in [1.165, 1.54) is 17.7 Å². The van der Waals surface area contributed by atoms with Crippen LogP contribution in [-0.4, -0.2) is 45.8 Å². The zero-order chi connectivity index (χ0) is 17.8. The number of aryl methyl sites for hydroxylation is 1. The van der Waals surface area contributed by atoms with Crippen molar-refractivity contribution >= 4 is 5.69 Å². The summed E-state index contributed by atoms with van der Waals surface area (Å²) in [4.78, 5) is 9.35. The molecule has 0 unspecified atom stereocenters. The van der Waals surface area contributed by atoms with Gasteiger partial charge in [-0.15, -0.1) is 0 Å². The number of hydrogen-bond donors (Lipinski definition) is 0. The molecule has 1 aromatic carbocycles. The number of pyridine rings is 1. The second-order valence-corrected chi connectivity index (χ2v) is 6.89. The quantitative estimate of drug-likeness (QED) is 0.726. The van der Waals surface area contributed by atoms with Crippen molar-refractivity contribution in [2.24, 2.45) is 0 Å². The molecule has 0 bridgehead atoms. The third-order valence-electron chi connectivity index (χ3n) is 4.95. The average molecular weight is 347 g/mol. The van der Waals surface area contributed by atoms with Crippen LogP contribution in [0.2, 0.25) is 0 Å². The molecule has 2 aromatic heterocycles. The van der Waals surface area contributed by atoms with Crippen molar-refractivity contribution in [3.8, 4) is 5.69 Å². The summed E-state index contributed by atoms with van der Waals surface area (Å²) in [5.41, 5.74) is 4.84. The van der Waals surface area contributed by atoms with Crippen molar-refractivity contribution in [1.82, 2.24) is 19.7 Å². The molecule has 4 rings (SSSR count). The Morgan fingerprint density at radius 1 is 0.923 bits per heavy atom. The van der Waals surface area contributed by atoms with Crippen LogP contribution in [0.5, 0.6) is 0 Å². The Kier molecular flexibility index (Phi) is 4.97. The van der Waals surface area contributed by atoms with Crippen molar-refractivity contribution in [3.05, 3.63) is 72.3 Å². The highest BCUT2D eigenvalue weighted by Crippen LogP contribution is 2.18. The molecule has 1 saturated heterocycles. The van der Waals surface area contributed by atoms with E-state index in [0.29, 0.717) is 0 Å². The predicted molar refractivity (Wildman–Crippen MR) is 105 cm³/mol. The van der Waals surface area contributed by atoms with Crippen molar-refractivity contribution < 1.29 is 0 Å². The lowest BCUT2D eigenvalue weighted by Crippen LogP contribution is -2.30. The van der Waals surface area contributed by atoms with Gasteiger partial charge in [0.2, 0.25) is 0 Å². The molecule has 0 atom stereocenters. The SMILES string of the molecule is Cc1cc(N2CCCN(Cc3ccc(-n4cccn4)cc3)CC2)ccn1. The molecule has 1 fully saturated rings. The van der Waals surface area contributed by atoms with Gasteiger partial charge in [-0.05, 0) is 49.2 Å². The molecular weight excluding hydrogens is 322 g/mol. The molecule has 5 heteroatoms. The van der Waals surface area contributed by atoms with Crippen LogP contribution in [0.4, 0.5) is 5.69 Å². The van der Waals surface area contributed by atoms with Gasteiger partial charge in [-0.3, -0.25) is 9.88 Å². The first kappa shape index (κ1) is 16.8. The highest BCUT2D eigenvalue weighted by atomic mass is 15.3. The van der Waals surface area contributed by atoms with Gasteiger partial charge in [0.15, 0.2) is 0 Å². The Labute approximate surface area is 154 Å². The minimum Gasteiger partial charge on any atom is -0.370 e. The largest absolute Gasteiger partial charge is 0.370 e. The van der Waals surface area contributed by atoms with Gasteiger partial charge in [0.05, 0.1) is 5.69 Å². The predicted octanol–water partition coefficient (Wildman–Crippen LogP) is 3.29. The number of nitrogens with zero attached hydrogens (tertiary/aromatic N) is 5. The summed E-state index contributed by atoms with van der Waals surface area (Å²) in [6, 6.07) is 15.0. The Balaban J connectivity index is 1.37. The van der Waals surface area contributed by atoms with Crippen molar-refractivity contribution in [2.75, 3.05) is 31.1 Å². The van der Waals surface area contributed by atoms with Crippen LogP contribution >= 0.6 is 0 Å². The van der Waals surface area contributed by atoms with E-state index in [4.69, 9.17) is 0 Å². The van der Waals surface area contributed by atoms with E-state index in [1.54, 1.807) is 6.20 Å². The van der Waals surface area contributed by atoms with Gasteiger partial charge in [-0.2, -0.15) is 5.10 Å². The standard InChI is InChI=1S/C21H25N5/c1-18-16-21(8-10-22-18)25-12-3-11-24(14-15-25)17-19-4-6-20(7-5-19)26-13-2-9-23-26/h2,4-10,13,16H,3,11-12,14-15,17H2,1H3. The normalized spacial score (nSPS) is 15.8. The monoisotopic (exact) mass is 347 g/mol. The topological polar surface area (TPSA) is 37.2 Å². The van der Waals surface area contributed by atoms with Gasteiger partial charge < -0.3 is 4.90 Å². The third kappa shape index (κ3) is 3.94. The van der Waals surface area contributed by atoms with Crippen molar-refractivity contribution in [2.45, 2.75) is 19.9 Å². The molecule has 0 aliphatic carbocycles. The highest BCUT2D eigenvalue weighted by molar-refractivity contribution is 5.46. The van der Waals surface area contributed by atoms with Gasteiger partial charge in [-0.1, -0.05) is 12.1 Å². The maximum Gasteiger partial charge on any atom is 0.0645 e. The van der Waals surface area contributed by atoms with E-state index >= 15 is 0 Å². The van der Waals surface area contributed by atoms with Crippen LogP contribution in [0.15, 0.2) is 61.1 Å². The van der Waals surface area contributed by atoms with Crippen LogP contribution in [0.25, 0.3) is 5.69 Å². The van der Waals surface area contributed by atoms with E-state index < -0.39 is 0 Å². The van der Waals surface area contributed by atoms with E-state index in [1.807, 2.05) is 23.1 Å². The number of aromatic nitrogens is 3. The summed E-state index contributed by atoms with van der Waals surface area (Å²) in [6.07, 6.45) is 6.88. The summed E-state index contributed by atoms with van der Waals surface area (Å²) in [5.74, 6) is 0. The van der Waals surface area contributed by atoms with Crippen LogP contribution in [0.3, 0.4) is 0 Å². The van der Waals surface area contributed by atoms with E-state index in [2.05, 4.69) is 63.2 Å². The highest BCUT2D eigenvalue weighted by Gasteiger charge is 2.15. The molecule has 0 spiro atoms. The Morgan fingerprint density at radius 3 is 2.58 bits per heavy atom. The van der Waals surface area contributed by atoms with Crippen LogP contribution < -0.4 is 4.90 Å². The fourth-order valence-electron chi connectivity index (χ4n) is 3.55. The first-order chi connectivity index (χ1) is 12.8. The van der Waals surface area contributed by atoms with E-state index in [0.717, 1.165) is 44.1 Å². The molecule has 3 heterocycles. The summed E-state index contributed by atoms with van der Waals surface area (Å²) in [6.45, 7) is 7.46. The molecule has 0 amide bonds. The van der Waals surface area contributed by atoms with Gasteiger partial charge in [0.1, 0.15) is 0 Å². The minimum absolute atomic E-state index is 1.00. The smallest absolute Gasteiger partial charge is 0.0645 e. The Hall–Kier alpha value is -2.66. The molecule has 1 aliphatic rings. The average Bonchev–Trinajstić information content (AvgIpc) is 3.10. The first-order valence-corrected chi connectivity index (χ1v) is 9.27. The third-order valence-corrected chi connectivity index (χ3v) is 4.95. The van der Waals surface area contributed by atoms with Crippen LogP contribution in [0.1, 0.15) is 17.7 Å². The maximum atomic E-state index is 4.31. The minimum atomic E-state index is 1.00. The molecule has 5 nitrogen and oxygen atoms in total. The van der Waals surface area contributed by atoms with Crippen molar-refractivity contribution in [3.63, 3.8) is 0 Å². The van der Waals surface area contributed by atoms with E-state index in [9.17, 15) is 0 Å². The summed E-state index contributed by atoms with van der Waals surface area (Å²) in [7, 11) is 0. The fourth-order valence-corrected chi connectivity index (χ4v) is 3.55. The molecule has 0 N–H and O–H groups in total. The zero-order valence-corrected chi connectivity index (χ0v) is 15.3. The number of benzene rings is 1. The summed E-state index contributed by atoms with van der Waals surface area (Å²) < 4.78 is 1.89. The second kappa shape index (κ2) is 7.70. The summed E-state index contributed by atoms with van der Waals surface area (Å²) in [5, 5.41) is 4.28. The second-order valence-electron chi connectivity index (χ2n) is 6.89. The Morgan fingerprint density at radius 2 is 1.81 bits per heavy atom. The number of rotatable bonds is 4. The first-order valence-electron chi connectivity index (χ1n) is 9.27. The molecule has 0 saturated carbocycles. The zero-order valence-electron chi connectivity index (χ0n) is 15.3. The van der Waals surface area contributed by atoms with Gasteiger partial charge in [-0.25, -0.2) is 4.68 Å². The lowest BCUT2D eigenvalue weighted by Gasteiger charge is -2.24. The molecule has 0 radical (unpaired) electrons. The lowest BCUT2D eigenvalue weighted by molar-refractivity contribution is 0.285. The lowest BCUT2D eigenvalue weighted by atomic mass is 10.2. The number of hydrogen-bond acceptors (Lipinski definition) is 4. The van der Waals surface area contributed by atoms with Gasteiger partial charge in [0, 0.05) is 62.7 Å². The summed E-state index contributed by atoms with van der Waals surface area (Å²) >= 11 is 0. The van der Waals surface area contributed by atoms with Crippen LogP contribution in [-0.2, 0) is 6.54 Å².